The van der Waals surface area contributed by atoms with E-state index in [4.69, 9.17) is 5.73 Å². The molecule has 0 amide bonds. The number of piperazine rings is 1. The summed E-state index contributed by atoms with van der Waals surface area (Å²) in [5.41, 5.74) is 8.39. The molecule has 1 aliphatic rings. The third-order valence-corrected chi connectivity index (χ3v) is 4.64. The van der Waals surface area contributed by atoms with Crippen molar-refractivity contribution in [3.63, 3.8) is 0 Å². The summed E-state index contributed by atoms with van der Waals surface area (Å²) in [5, 5.41) is 0. The highest BCUT2D eigenvalue weighted by atomic mass is 79.9. The Hall–Kier alpha value is -0.580. The minimum atomic E-state index is 0.0845. The molecule has 3 nitrogen and oxygen atoms in total. The van der Waals surface area contributed by atoms with Crippen molar-refractivity contribution in [2.45, 2.75) is 32.9 Å². The summed E-state index contributed by atoms with van der Waals surface area (Å²) < 4.78 is 1.15. The van der Waals surface area contributed by atoms with Crippen molar-refractivity contribution >= 4 is 21.6 Å². The summed E-state index contributed by atoms with van der Waals surface area (Å²) in [6.07, 6.45) is 0. The number of hydrogen-bond donors (Lipinski definition) is 1. The normalized spacial score (nSPS) is 22.6. The quantitative estimate of drug-likeness (QED) is 0.927. The van der Waals surface area contributed by atoms with Gasteiger partial charge in [0.1, 0.15) is 0 Å². The van der Waals surface area contributed by atoms with Crippen LogP contribution < -0.4 is 10.6 Å². The fourth-order valence-corrected chi connectivity index (χ4v) is 3.39. The first-order chi connectivity index (χ1) is 9.02. The minimum Gasteiger partial charge on any atom is -0.368 e. The topological polar surface area (TPSA) is 32.5 Å². The molecule has 2 atom stereocenters. The van der Waals surface area contributed by atoms with E-state index in [0.29, 0.717) is 6.04 Å². The maximum Gasteiger partial charge on any atom is 0.0511 e. The SMILES string of the molecule is CCN1CCN(c2ccc([C@@H](C)N)cc2Br)CC1C. The summed E-state index contributed by atoms with van der Waals surface area (Å²) in [4.78, 5) is 4.99. The van der Waals surface area contributed by atoms with Crippen LogP contribution in [0.5, 0.6) is 0 Å². The van der Waals surface area contributed by atoms with Crippen LogP contribution in [0.1, 0.15) is 32.4 Å². The summed E-state index contributed by atoms with van der Waals surface area (Å²) in [6, 6.07) is 7.18. The summed E-state index contributed by atoms with van der Waals surface area (Å²) in [5.74, 6) is 0. The monoisotopic (exact) mass is 325 g/mol. The van der Waals surface area contributed by atoms with E-state index in [-0.39, 0.29) is 6.04 Å². The van der Waals surface area contributed by atoms with Crippen LogP contribution in [0.15, 0.2) is 22.7 Å². The van der Waals surface area contributed by atoms with Gasteiger partial charge in [-0.1, -0.05) is 13.0 Å². The average Bonchev–Trinajstić information content (AvgIpc) is 2.38. The lowest BCUT2D eigenvalue weighted by Crippen LogP contribution is -2.51. The van der Waals surface area contributed by atoms with Gasteiger partial charge in [0.2, 0.25) is 0 Å². The predicted molar refractivity (Wildman–Crippen MR) is 85.7 cm³/mol. The zero-order valence-electron chi connectivity index (χ0n) is 12.1. The number of benzene rings is 1. The third-order valence-electron chi connectivity index (χ3n) is 4.01. The molecular formula is C15H24BrN3. The van der Waals surface area contributed by atoms with Crippen molar-refractivity contribution in [1.82, 2.24) is 4.90 Å². The first kappa shape index (κ1) is 14.8. The molecule has 0 aliphatic carbocycles. The van der Waals surface area contributed by atoms with Gasteiger partial charge in [-0.25, -0.2) is 0 Å². The summed E-state index contributed by atoms with van der Waals surface area (Å²) >= 11 is 3.69. The first-order valence-electron chi connectivity index (χ1n) is 7.07. The molecule has 1 unspecified atom stereocenters. The maximum atomic E-state index is 5.93. The lowest BCUT2D eigenvalue weighted by Gasteiger charge is -2.41. The van der Waals surface area contributed by atoms with E-state index in [1.165, 1.54) is 11.3 Å². The second kappa shape index (κ2) is 6.25. The smallest absolute Gasteiger partial charge is 0.0511 e. The molecule has 0 radical (unpaired) electrons. The van der Waals surface area contributed by atoms with Gasteiger partial charge in [0.15, 0.2) is 0 Å². The molecule has 0 bridgehead atoms. The number of nitrogens with two attached hydrogens (primary N) is 1. The van der Waals surface area contributed by atoms with Crippen LogP contribution in [0.3, 0.4) is 0 Å². The third kappa shape index (κ3) is 3.30. The Bertz CT molecular complexity index is 433. The molecule has 1 fully saturated rings. The van der Waals surface area contributed by atoms with E-state index in [9.17, 15) is 0 Å². The fourth-order valence-electron chi connectivity index (χ4n) is 2.75. The Labute approximate surface area is 124 Å². The van der Waals surface area contributed by atoms with Gasteiger partial charge >= 0.3 is 0 Å². The number of halogens is 1. The van der Waals surface area contributed by atoms with Gasteiger partial charge in [0, 0.05) is 36.2 Å². The molecule has 1 heterocycles. The minimum absolute atomic E-state index is 0.0845. The Morgan fingerprint density at radius 2 is 2.16 bits per heavy atom. The highest BCUT2D eigenvalue weighted by molar-refractivity contribution is 9.10. The second-order valence-electron chi connectivity index (χ2n) is 5.42. The van der Waals surface area contributed by atoms with E-state index >= 15 is 0 Å². The van der Waals surface area contributed by atoms with Crippen molar-refractivity contribution in [3.05, 3.63) is 28.2 Å². The Morgan fingerprint density at radius 1 is 1.42 bits per heavy atom. The molecule has 1 saturated heterocycles. The van der Waals surface area contributed by atoms with Gasteiger partial charge in [-0.3, -0.25) is 4.90 Å². The van der Waals surface area contributed by atoms with Crippen molar-refractivity contribution in [1.29, 1.82) is 0 Å². The van der Waals surface area contributed by atoms with Crippen LogP contribution in [0, 0.1) is 0 Å². The van der Waals surface area contributed by atoms with E-state index in [1.54, 1.807) is 0 Å². The standard InChI is InChI=1S/C15H24BrN3/c1-4-18-7-8-19(10-11(18)2)15-6-5-13(12(3)17)9-14(15)16/h5-6,9,11-12H,4,7-8,10,17H2,1-3H3/t11?,12-/m1/s1. The van der Waals surface area contributed by atoms with Crippen molar-refractivity contribution in [2.75, 3.05) is 31.1 Å². The van der Waals surface area contributed by atoms with Gasteiger partial charge in [0.05, 0.1) is 5.69 Å². The van der Waals surface area contributed by atoms with E-state index in [0.717, 1.165) is 30.7 Å². The Kier molecular flexibility index (Phi) is 4.87. The Morgan fingerprint density at radius 3 is 2.68 bits per heavy atom. The number of anilines is 1. The van der Waals surface area contributed by atoms with Gasteiger partial charge < -0.3 is 10.6 Å². The summed E-state index contributed by atoms with van der Waals surface area (Å²) in [7, 11) is 0. The number of likely N-dealkylation sites (N-methyl/N-ethyl adjacent to an activating group) is 1. The van der Waals surface area contributed by atoms with E-state index in [2.05, 4.69) is 57.8 Å². The molecule has 1 aliphatic heterocycles. The molecule has 1 aromatic carbocycles. The average molecular weight is 326 g/mol. The van der Waals surface area contributed by atoms with Crippen molar-refractivity contribution in [3.8, 4) is 0 Å². The molecule has 2 rings (SSSR count). The van der Waals surface area contributed by atoms with Gasteiger partial charge in [-0.15, -0.1) is 0 Å². The fraction of sp³-hybridized carbons (Fsp3) is 0.600. The molecule has 4 heteroatoms. The molecule has 0 spiro atoms. The highest BCUT2D eigenvalue weighted by Crippen LogP contribution is 2.30. The van der Waals surface area contributed by atoms with Crippen LogP contribution in [0.4, 0.5) is 5.69 Å². The summed E-state index contributed by atoms with van der Waals surface area (Å²) in [6.45, 7) is 11.0. The predicted octanol–water partition coefficient (Wildman–Crippen LogP) is 3.00. The molecule has 19 heavy (non-hydrogen) atoms. The molecule has 0 aromatic heterocycles. The first-order valence-corrected chi connectivity index (χ1v) is 7.86. The highest BCUT2D eigenvalue weighted by Gasteiger charge is 2.23. The molecule has 1 aromatic rings. The van der Waals surface area contributed by atoms with Gasteiger partial charge in [0.25, 0.3) is 0 Å². The van der Waals surface area contributed by atoms with Crippen molar-refractivity contribution in [2.24, 2.45) is 5.73 Å². The largest absolute Gasteiger partial charge is 0.368 e. The van der Waals surface area contributed by atoms with Crippen LogP contribution in [-0.2, 0) is 0 Å². The van der Waals surface area contributed by atoms with E-state index in [1.807, 2.05) is 6.92 Å². The van der Waals surface area contributed by atoms with Crippen LogP contribution in [0.2, 0.25) is 0 Å². The lowest BCUT2D eigenvalue weighted by molar-refractivity contribution is 0.199. The van der Waals surface area contributed by atoms with Crippen molar-refractivity contribution < 1.29 is 0 Å². The van der Waals surface area contributed by atoms with Gasteiger partial charge in [-0.05, 0) is 54.0 Å². The zero-order chi connectivity index (χ0) is 14.0. The Balaban J connectivity index is 2.15. The van der Waals surface area contributed by atoms with Crippen LogP contribution in [0.25, 0.3) is 0 Å². The lowest BCUT2D eigenvalue weighted by atomic mass is 10.1. The molecular weight excluding hydrogens is 302 g/mol. The number of rotatable bonds is 3. The second-order valence-corrected chi connectivity index (χ2v) is 6.28. The maximum absolute atomic E-state index is 5.93. The molecule has 106 valence electrons. The van der Waals surface area contributed by atoms with Crippen LogP contribution in [-0.4, -0.2) is 37.1 Å². The zero-order valence-corrected chi connectivity index (χ0v) is 13.7. The molecule has 0 saturated carbocycles. The van der Waals surface area contributed by atoms with Gasteiger partial charge in [-0.2, -0.15) is 0 Å². The van der Waals surface area contributed by atoms with Crippen LogP contribution >= 0.6 is 15.9 Å². The number of hydrogen-bond acceptors (Lipinski definition) is 3. The van der Waals surface area contributed by atoms with E-state index < -0.39 is 0 Å². The number of nitrogens with zero attached hydrogens (tertiary/aromatic N) is 2. The molecule has 2 N–H and O–H groups in total.